The molecular weight excluding hydrogens is 276 g/mol. The van der Waals surface area contributed by atoms with Crippen LogP contribution in [0.2, 0.25) is 5.28 Å². The van der Waals surface area contributed by atoms with Crippen LogP contribution in [0, 0.1) is 0 Å². The highest BCUT2D eigenvalue weighted by Crippen LogP contribution is 2.22. The second-order valence-electron chi connectivity index (χ2n) is 3.42. The Morgan fingerprint density at radius 1 is 1.33 bits per heavy atom. The van der Waals surface area contributed by atoms with Gasteiger partial charge >= 0.3 is 0 Å². The van der Waals surface area contributed by atoms with E-state index < -0.39 is 0 Å². The normalized spacial score (nSPS) is 10.4. The Kier molecular flexibility index (Phi) is 3.78. The lowest BCUT2D eigenvalue weighted by atomic mass is 10.7. The van der Waals surface area contributed by atoms with Crippen LogP contribution in [0.1, 0.15) is 0 Å². The third-order valence-electron chi connectivity index (χ3n) is 1.81. The van der Waals surface area contributed by atoms with E-state index in [1.165, 1.54) is 12.3 Å². The predicted molar refractivity (Wildman–Crippen MR) is 68.1 cm³/mol. The molecule has 0 aliphatic carbocycles. The average molecular weight is 285 g/mol. The molecule has 0 radical (unpaired) electrons. The maximum absolute atomic E-state index is 11.1. The molecule has 0 aromatic carbocycles. The lowest BCUT2D eigenvalue weighted by molar-refractivity contribution is 0.855. The quantitative estimate of drug-likeness (QED) is 0.835. The van der Waals surface area contributed by atoms with Crippen LogP contribution >= 0.6 is 23.4 Å². The Morgan fingerprint density at radius 3 is 2.78 bits per heavy atom. The van der Waals surface area contributed by atoms with Gasteiger partial charge in [0.25, 0.3) is 5.56 Å². The number of nitrogens with one attached hydrogen (secondary N) is 1. The van der Waals surface area contributed by atoms with Gasteiger partial charge in [0, 0.05) is 26.4 Å². The molecule has 9 heteroatoms. The molecule has 2 aromatic rings. The molecule has 0 aliphatic rings. The molecule has 7 nitrogen and oxygen atoms in total. The second-order valence-corrected chi connectivity index (χ2v) is 4.72. The third kappa shape index (κ3) is 3.17. The summed E-state index contributed by atoms with van der Waals surface area (Å²) in [5.74, 6) is 0.441. The molecule has 2 rings (SSSR count). The van der Waals surface area contributed by atoms with E-state index in [1.807, 2.05) is 0 Å². The van der Waals surface area contributed by atoms with Gasteiger partial charge in [0.2, 0.25) is 16.4 Å². The fourth-order valence-corrected chi connectivity index (χ4v) is 1.96. The largest absolute Gasteiger partial charge is 0.347 e. The molecule has 94 valence electrons. The standard InChI is InChI=1S/C9H9ClN6OS/c1-16(2)7-13-6(10)14-9(15-7)18-8-11-4-3-5(17)12-8/h3-4H,1-2H3,(H,11,12,17). The highest BCUT2D eigenvalue weighted by Gasteiger charge is 2.09. The van der Waals surface area contributed by atoms with Gasteiger partial charge < -0.3 is 9.88 Å². The fraction of sp³-hybridized carbons (Fsp3) is 0.222. The average Bonchev–Trinajstić information content (AvgIpc) is 2.28. The van der Waals surface area contributed by atoms with E-state index in [2.05, 4.69) is 24.9 Å². The molecule has 18 heavy (non-hydrogen) atoms. The number of hydrogen-bond acceptors (Lipinski definition) is 7. The summed E-state index contributed by atoms with van der Waals surface area (Å²) in [6, 6.07) is 1.33. The first-order chi connectivity index (χ1) is 8.54. The van der Waals surface area contributed by atoms with Crippen LogP contribution in [0.4, 0.5) is 5.95 Å². The Morgan fingerprint density at radius 2 is 2.11 bits per heavy atom. The number of hydrogen-bond donors (Lipinski definition) is 1. The van der Waals surface area contributed by atoms with Crippen LogP contribution in [-0.2, 0) is 0 Å². The zero-order valence-electron chi connectivity index (χ0n) is 9.59. The van der Waals surface area contributed by atoms with E-state index in [1.54, 1.807) is 19.0 Å². The number of H-pyrrole nitrogens is 1. The van der Waals surface area contributed by atoms with Crippen LogP contribution in [-0.4, -0.2) is 39.0 Å². The minimum Gasteiger partial charge on any atom is -0.347 e. The second kappa shape index (κ2) is 5.32. The Labute approximate surface area is 112 Å². The van der Waals surface area contributed by atoms with Crippen LogP contribution in [0.15, 0.2) is 27.4 Å². The fourth-order valence-electron chi connectivity index (χ4n) is 1.06. The van der Waals surface area contributed by atoms with Gasteiger partial charge in [0.1, 0.15) is 0 Å². The zero-order chi connectivity index (χ0) is 13.1. The van der Waals surface area contributed by atoms with E-state index in [0.29, 0.717) is 16.3 Å². The number of anilines is 1. The molecule has 0 saturated heterocycles. The summed E-state index contributed by atoms with van der Waals surface area (Å²) in [6.07, 6.45) is 1.41. The van der Waals surface area contributed by atoms with Gasteiger partial charge in [-0.2, -0.15) is 15.0 Å². The van der Waals surface area contributed by atoms with Crippen molar-refractivity contribution in [1.82, 2.24) is 24.9 Å². The molecular formula is C9H9ClN6OS. The summed E-state index contributed by atoms with van der Waals surface area (Å²) in [5.41, 5.74) is -0.236. The Balaban J connectivity index is 2.31. The molecule has 0 unspecified atom stereocenters. The smallest absolute Gasteiger partial charge is 0.251 e. The van der Waals surface area contributed by atoms with E-state index >= 15 is 0 Å². The SMILES string of the molecule is CN(C)c1nc(Cl)nc(Sc2nccc(=O)[nH]2)n1. The Hall–Kier alpha value is -1.67. The van der Waals surface area contributed by atoms with E-state index in [4.69, 9.17) is 11.6 Å². The molecule has 0 atom stereocenters. The molecule has 0 amide bonds. The third-order valence-corrected chi connectivity index (χ3v) is 2.75. The van der Waals surface area contributed by atoms with Gasteiger partial charge in [0.05, 0.1) is 0 Å². The predicted octanol–water partition coefficient (Wildman–Crippen LogP) is 0.825. The number of aromatic amines is 1. The van der Waals surface area contributed by atoms with E-state index in [0.717, 1.165) is 11.8 Å². The van der Waals surface area contributed by atoms with Crippen LogP contribution in [0.3, 0.4) is 0 Å². The summed E-state index contributed by atoms with van der Waals surface area (Å²) in [7, 11) is 3.59. The molecule has 2 heterocycles. The number of rotatable bonds is 3. The topological polar surface area (TPSA) is 87.7 Å². The van der Waals surface area contributed by atoms with Crippen molar-refractivity contribution in [3.05, 3.63) is 27.9 Å². The minimum atomic E-state index is -0.236. The monoisotopic (exact) mass is 284 g/mol. The highest BCUT2D eigenvalue weighted by molar-refractivity contribution is 7.99. The van der Waals surface area contributed by atoms with Crippen molar-refractivity contribution in [2.24, 2.45) is 0 Å². The maximum atomic E-state index is 11.1. The van der Waals surface area contributed by atoms with Crippen LogP contribution < -0.4 is 10.5 Å². The summed E-state index contributed by atoms with van der Waals surface area (Å²) in [6.45, 7) is 0. The summed E-state index contributed by atoms with van der Waals surface area (Å²) >= 11 is 6.90. The molecule has 0 spiro atoms. The molecule has 0 fully saturated rings. The maximum Gasteiger partial charge on any atom is 0.251 e. The molecule has 0 aliphatic heterocycles. The number of halogens is 1. The minimum absolute atomic E-state index is 0.0921. The van der Waals surface area contributed by atoms with E-state index in [9.17, 15) is 4.79 Å². The number of aromatic nitrogens is 5. The van der Waals surface area contributed by atoms with Crippen molar-refractivity contribution in [3.8, 4) is 0 Å². The van der Waals surface area contributed by atoms with Gasteiger partial charge in [-0.3, -0.25) is 4.79 Å². The van der Waals surface area contributed by atoms with Gasteiger partial charge in [-0.15, -0.1) is 0 Å². The first-order valence-corrected chi connectivity index (χ1v) is 6.06. The van der Waals surface area contributed by atoms with Gasteiger partial charge in [-0.25, -0.2) is 4.98 Å². The van der Waals surface area contributed by atoms with Gasteiger partial charge in [-0.05, 0) is 23.4 Å². The van der Waals surface area contributed by atoms with Crippen molar-refractivity contribution < 1.29 is 0 Å². The molecule has 0 saturated carbocycles. The lowest BCUT2D eigenvalue weighted by Gasteiger charge is -2.10. The van der Waals surface area contributed by atoms with E-state index in [-0.39, 0.29) is 10.8 Å². The van der Waals surface area contributed by atoms with Gasteiger partial charge in [-0.1, -0.05) is 0 Å². The molecule has 2 aromatic heterocycles. The first-order valence-electron chi connectivity index (χ1n) is 4.86. The summed E-state index contributed by atoms with van der Waals surface area (Å²) in [5, 5.41) is 0.858. The first kappa shape index (κ1) is 12.8. The van der Waals surface area contributed by atoms with Crippen molar-refractivity contribution >= 4 is 29.3 Å². The van der Waals surface area contributed by atoms with Crippen molar-refractivity contribution in [2.75, 3.05) is 19.0 Å². The number of nitrogens with zero attached hydrogens (tertiary/aromatic N) is 5. The lowest BCUT2D eigenvalue weighted by Crippen LogP contribution is -2.14. The van der Waals surface area contributed by atoms with Crippen molar-refractivity contribution in [2.45, 2.75) is 10.3 Å². The molecule has 1 N–H and O–H groups in total. The van der Waals surface area contributed by atoms with Crippen LogP contribution in [0.5, 0.6) is 0 Å². The molecule has 0 bridgehead atoms. The van der Waals surface area contributed by atoms with Crippen molar-refractivity contribution in [1.29, 1.82) is 0 Å². The highest BCUT2D eigenvalue weighted by atomic mass is 35.5. The van der Waals surface area contributed by atoms with Crippen molar-refractivity contribution in [3.63, 3.8) is 0 Å². The van der Waals surface area contributed by atoms with Gasteiger partial charge in [0.15, 0.2) is 5.16 Å². The zero-order valence-corrected chi connectivity index (χ0v) is 11.2. The summed E-state index contributed by atoms with van der Waals surface area (Å²) < 4.78 is 0. The Bertz CT molecular complexity index is 616. The summed E-state index contributed by atoms with van der Waals surface area (Å²) in [4.78, 5) is 31.5. The van der Waals surface area contributed by atoms with Crippen LogP contribution in [0.25, 0.3) is 0 Å².